The number of aromatic amines is 1. The molecule has 2 aliphatic heterocycles. The lowest BCUT2D eigenvalue weighted by Gasteiger charge is -2.42. The summed E-state index contributed by atoms with van der Waals surface area (Å²) >= 11 is 6.27. The summed E-state index contributed by atoms with van der Waals surface area (Å²) in [5.41, 5.74) is 0.753. The monoisotopic (exact) mass is 479 g/mol. The van der Waals surface area contributed by atoms with Crippen LogP contribution in [0.2, 0.25) is 0 Å². The molecule has 2 saturated carbocycles. The van der Waals surface area contributed by atoms with Crippen LogP contribution in [0.4, 0.5) is 0 Å². The van der Waals surface area contributed by atoms with Crippen molar-refractivity contribution in [2.75, 3.05) is 0 Å². The number of H-pyrrole nitrogens is 1. The van der Waals surface area contributed by atoms with Crippen LogP contribution >= 0.6 is 39.0 Å². The number of fused-ring (bicyclic) bond motifs is 9. The number of benzene rings is 1. The van der Waals surface area contributed by atoms with E-state index in [0.29, 0.717) is 0 Å². The minimum atomic E-state index is -0.406. The summed E-state index contributed by atoms with van der Waals surface area (Å²) in [7, 11) is 0. The van der Waals surface area contributed by atoms with Crippen molar-refractivity contribution in [2.45, 2.75) is 22.6 Å². The number of hydrogen-bond acceptors (Lipinski definition) is 7. The van der Waals surface area contributed by atoms with Gasteiger partial charge in [-0.05, 0) is 42.4 Å². The number of nitrogens with one attached hydrogen (secondary N) is 1. The Bertz CT molecular complexity index is 1110. The highest BCUT2D eigenvalue weighted by atomic mass is 79.9. The summed E-state index contributed by atoms with van der Waals surface area (Å²) in [5.74, 6) is -1.45. The fourth-order valence-electron chi connectivity index (χ4n) is 5.94. The van der Waals surface area contributed by atoms with Gasteiger partial charge in [0.15, 0.2) is 0 Å². The predicted octanol–water partition coefficient (Wildman–Crippen LogP) is 3.09. The second-order valence-corrected chi connectivity index (χ2v) is 11.0. The molecular formula is C19H14BrNO5S2. The number of aromatic nitrogens is 1. The van der Waals surface area contributed by atoms with Gasteiger partial charge in [0, 0.05) is 26.1 Å². The lowest BCUT2D eigenvalue weighted by atomic mass is 9.68. The Morgan fingerprint density at radius 3 is 2.68 bits per heavy atom. The van der Waals surface area contributed by atoms with Gasteiger partial charge in [0.05, 0.1) is 16.9 Å². The molecule has 1 saturated heterocycles. The van der Waals surface area contributed by atoms with E-state index in [0.717, 1.165) is 26.4 Å². The van der Waals surface area contributed by atoms with Gasteiger partial charge < -0.3 is 14.8 Å². The average Bonchev–Trinajstić information content (AvgIpc) is 3.36. The Kier molecular flexibility index (Phi) is 3.54. The van der Waals surface area contributed by atoms with Gasteiger partial charge in [0.25, 0.3) is 0 Å². The molecule has 3 heterocycles. The Hall–Kier alpha value is -1.58. The molecule has 6 nitrogen and oxygen atoms in total. The lowest BCUT2D eigenvalue weighted by molar-refractivity contribution is -0.154. The van der Waals surface area contributed by atoms with E-state index in [1.807, 2.05) is 6.07 Å². The van der Waals surface area contributed by atoms with Gasteiger partial charge in [-0.15, -0.1) is 11.8 Å². The normalized spacial score (nSPS) is 37.5. The highest BCUT2D eigenvalue weighted by Gasteiger charge is 2.69. The average molecular weight is 480 g/mol. The summed E-state index contributed by atoms with van der Waals surface area (Å²) in [6.45, 7) is 0. The van der Waals surface area contributed by atoms with Gasteiger partial charge in [-0.3, -0.25) is 14.4 Å². The lowest BCUT2D eigenvalue weighted by Crippen LogP contribution is -2.42. The van der Waals surface area contributed by atoms with E-state index in [2.05, 4.69) is 20.9 Å². The van der Waals surface area contributed by atoms with E-state index >= 15 is 0 Å². The van der Waals surface area contributed by atoms with Crippen LogP contribution in [0.15, 0.2) is 32.5 Å². The fourth-order valence-corrected chi connectivity index (χ4v) is 9.20. The van der Waals surface area contributed by atoms with Crippen LogP contribution in [-0.2, 0) is 14.3 Å². The molecule has 0 amide bonds. The predicted molar refractivity (Wildman–Crippen MR) is 105 cm³/mol. The maximum absolute atomic E-state index is 12.4. The first-order valence-electron chi connectivity index (χ1n) is 9.07. The molecule has 0 radical (unpaired) electrons. The first-order valence-corrected chi connectivity index (χ1v) is 11.6. The number of carbonyl (C=O) groups excluding carboxylic acids is 2. The molecule has 6 rings (SSSR count). The first-order chi connectivity index (χ1) is 13.4. The molecule has 2 aliphatic carbocycles. The van der Waals surface area contributed by atoms with Crippen molar-refractivity contribution in [3.63, 3.8) is 0 Å². The summed E-state index contributed by atoms with van der Waals surface area (Å²) in [6, 6.07) is 5.31. The minimum Gasteiger partial charge on any atom is -0.508 e. The van der Waals surface area contributed by atoms with Crippen LogP contribution in [0, 0.1) is 29.6 Å². The van der Waals surface area contributed by atoms with Gasteiger partial charge in [0.1, 0.15) is 5.75 Å². The third-order valence-electron chi connectivity index (χ3n) is 6.78. The molecule has 9 heteroatoms. The number of hydrogen-bond donors (Lipinski definition) is 2. The number of aromatic hydroxyl groups is 1. The topological polar surface area (TPSA) is 96.5 Å². The van der Waals surface area contributed by atoms with E-state index in [9.17, 15) is 19.5 Å². The summed E-state index contributed by atoms with van der Waals surface area (Å²) in [6.07, 6.45) is 0.808. The molecule has 1 aromatic carbocycles. The first kappa shape index (κ1) is 17.3. The Morgan fingerprint density at radius 1 is 1.14 bits per heavy atom. The molecule has 28 heavy (non-hydrogen) atoms. The molecular weight excluding hydrogens is 466 g/mol. The Balaban J connectivity index is 1.55. The standard InChI is InChI=1S/C19H14BrNO5S2/c20-5-1-2-9(22)6(3-5)10-11-7-4-8(13-12(7)17(23)26-18(13)24)14(11)27-16-15(10)28-19(25)21-16/h1-3,7-8,10-14,22H,4H2,(H,21,25)/t7-,8+,10+,11-,12+,13-,14-/m0/s1. The van der Waals surface area contributed by atoms with E-state index in [1.54, 1.807) is 23.9 Å². The number of thioether (sulfide) groups is 1. The van der Waals surface area contributed by atoms with Crippen molar-refractivity contribution in [1.29, 1.82) is 0 Å². The molecule has 2 aromatic rings. The molecule has 2 bridgehead atoms. The smallest absolute Gasteiger partial charge is 0.317 e. The van der Waals surface area contributed by atoms with Crippen LogP contribution < -0.4 is 4.87 Å². The SMILES string of the molecule is O=C1OC(=O)[C@H]2[C@H]3C[C@H]([C@@H]12)[C@H]1[C@@H](c2cc(Br)ccc2O)c2sc(=O)[nH]c2S[C@@H]31. The van der Waals surface area contributed by atoms with Crippen molar-refractivity contribution < 1.29 is 19.4 Å². The summed E-state index contributed by atoms with van der Waals surface area (Å²) in [4.78, 5) is 40.5. The molecule has 7 atom stereocenters. The van der Waals surface area contributed by atoms with Crippen LogP contribution in [0.1, 0.15) is 22.8 Å². The van der Waals surface area contributed by atoms with Crippen LogP contribution in [0.25, 0.3) is 0 Å². The van der Waals surface area contributed by atoms with Crippen LogP contribution in [-0.4, -0.2) is 27.3 Å². The Morgan fingerprint density at radius 2 is 1.89 bits per heavy atom. The highest BCUT2D eigenvalue weighted by molar-refractivity contribution is 9.10. The molecule has 2 N–H and O–H groups in total. The maximum Gasteiger partial charge on any atom is 0.317 e. The zero-order valence-corrected chi connectivity index (χ0v) is 17.5. The number of esters is 2. The zero-order chi connectivity index (χ0) is 19.3. The van der Waals surface area contributed by atoms with Gasteiger partial charge in [0.2, 0.25) is 0 Å². The highest BCUT2D eigenvalue weighted by Crippen LogP contribution is 2.68. The van der Waals surface area contributed by atoms with E-state index in [1.165, 1.54) is 11.3 Å². The van der Waals surface area contributed by atoms with Crippen molar-refractivity contribution in [1.82, 2.24) is 4.98 Å². The number of carbonyl (C=O) groups is 2. The number of cyclic esters (lactones) is 2. The number of ether oxygens (including phenoxy) is 1. The van der Waals surface area contributed by atoms with Gasteiger partial charge in [-0.2, -0.15) is 0 Å². The molecule has 0 spiro atoms. The number of thiazole rings is 1. The van der Waals surface area contributed by atoms with Crippen molar-refractivity contribution in [3.8, 4) is 5.75 Å². The number of rotatable bonds is 1. The van der Waals surface area contributed by atoms with Gasteiger partial charge >= 0.3 is 16.8 Å². The number of phenolic OH excluding ortho intramolecular Hbond substituents is 1. The number of phenols is 1. The summed E-state index contributed by atoms with van der Waals surface area (Å²) < 4.78 is 5.82. The summed E-state index contributed by atoms with van der Waals surface area (Å²) in [5, 5.41) is 11.6. The van der Waals surface area contributed by atoms with Crippen molar-refractivity contribution in [2.24, 2.45) is 29.6 Å². The molecule has 144 valence electrons. The van der Waals surface area contributed by atoms with Crippen molar-refractivity contribution >= 4 is 51.0 Å². The largest absolute Gasteiger partial charge is 0.508 e. The molecule has 0 unspecified atom stereocenters. The van der Waals surface area contributed by atoms with Crippen molar-refractivity contribution in [3.05, 3.63) is 42.8 Å². The quantitative estimate of drug-likeness (QED) is 0.481. The number of halogens is 1. The fraction of sp³-hybridized carbons (Fsp3) is 0.421. The van der Waals surface area contributed by atoms with Gasteiger partial charge in [-0.1, -0.05) is 27.3 Å². The van der Waals surface area contributed by atoms with Crippen LogP contribution in [0.5, 0.6) is 5.75 Å². The van der Waals surface area contributed by atoms with Crippen LogP contribution in [0.3, 0.4) is 0 Å². The van der Waals surface area contributed by atoms with E-state index < -0.39 is 17.9 Å². The second kappa shape index (κ2) is 5.73. The molecule has 4 aliphatic rings. The third kappa shape index (κ3) is 2.12. The van der Waals surface area contributed by atoms with E-state index in [-0.39, 0.29) is 45.5 Å². The zero-order valence-electron chi connectivity index (χ0n) is 14.3. The van der Waals surface area contributed by atoms with E-state index in [4.69, 9.17) is 4.74 Å². The maximum atomic E-state index is 12.4. The minimum absolute atomic E-state index is 0.0141. The second-order valence-electron chi connectivity index (χ2n) is 7.90. The van der Waals surface area contributed by atoms with Gasteiger partial charge in [-0.25, -0.2) is 0 Å². The Labute approximate surface area is 175 Å². The third-order valence-corrected chi connectivity index (χ3v) is 9.86. The molecule has 3 fully saturated rings. The molecule has 1 aromatic heterocycles.